The third-order valence-electron chi connectivity index (χ3n) is 4.72. The number of fused-ring (bicyclic) bond motifs is 1. The Morgan fingerprint density at radius 3 is 2.52 bits per heavy atom. The Hall–Kier alpha value is -2.80. The van der Waals surface area contributed by atoms with E-state index in [1.54, 1.807) is 18.5 Å². The van der Waals surface area contributed by atoms with Crippen LogP contribution in [0.3, 0.4) is 0 Å². The van der Waals surface area contributed by atoms with Crippen LogP contribution in [0.5, 0.6) is 0 Å². The van der Waals surface area contributed by atoms with Crippen molar-refractivity contribution < 1.29 is 0 Å². The summed E-state index contributed by atoms with van der Waals surface area (Å²) in [4.78, 5) is 33.0. The first-order valence-corrected chi connectivity index (χ1v) is 8.47. The summed E-state index contributed by atoms with van der Waals surface area (Å²) < 4.78 is 0. The van der Waals surface area contributed by atoms with Gasteiger partial charge < -0.3 is 9.88 Å². The lowest BCUT2D eigenvalue weighted by molar-refractivity contribution is 0.191. The zero-order chi connectivity index (χ0) is 17.2. The molecular weight excluding hydrogens is 316 g/mol. The average molecular weight is 336 g/mol. The van der Waals surface area contributed by atoms with Crippen molar-refractivity contribution in [1.82, 2.24) is 24.8 Å². The molecule has 7 nitrogen and oxygen atoms in total. The summed E-state index contributed by atoms with van der Waals surface area (Å²) in [6.45, 7) is 5.53. The molecule has 1 aliphatic rings. The van der Waals surface area contributed by atoms with Crippen LogP contribution in [0, 0.1) is 0 Å². The summed E-state index contributed by atoms with van der Waals surface area (Å²) >= 11 is 0. The number of para-hydroxylation sites is 1. The molecule has 1 atom stereocenters. The fraction of sp³-hybridized carbons (Fsp3) is 0.333. The summed E-state index contributed by atoms with van der Waals surface area (Å²) in [7, 11) is 0. The van der Waals surface area contributed by atoms with E-state index in [9.17, 15) is 4.79 Å². The molecule has 1 aliphatic heterocycles. The largest absolute Gasteiger partial charge is 0.338 e. The van der Waals surface area contributed by atoms with E-state index in [4.69, 9.17) is 0 Å². The average Bonchev–Trinajstić information content (AvgIpc) is 2.68. The minimum Gasteiger partial charge on any atom is -0.338 e. The standard InChI is InChI=1S/C18H20N6O/c1-13(16-21-15-6-3-2-5-14(15)17(25)22-16)23-9-11-24(12-10-23)18-19-7-4-8-20-18/h2-8,13H,9-12H2,1H3,(H,21,22,25)/t13-/m0/s1. The number of piperazine rings is 1. The highest BCUT2D eigenvalue weighted by Gasteiger charge is 2.24. The van der Waals surface area contributed by atoms with Gasteiger partial charge in [0.25, 0.3) is 5.56 Å². The Morgan fingerprint density at radius 2 is 1.76 bits per heavy atom. The van der Waals surface area contributed by atoms with Gasteiger partial charge in [-0.15, -0.1) is 0 Å². The van der Waals surface area contributed by atoms with E-state index in [1.165, 1.54) is 0 Å². The molecule has 2 aromatic heterocycles. The topological polar surface area (TPSA) is 78.0 Å². The van der Waals surface area contributed by atoms with Gasteiger partial charge in [0.1, 0.15) is 5.82 Å². The van der Waals surface area contributed by atoms with Gasteiger partial charge in [-0.1, -0.05) is 12.1 Å². The van der Waals surface area contributed by atoms with Gasteiger partial charge in [0.05, 0.1) is 16.9 Å². The van der Waals surface area contributed by atoms with Gasteiger partial charge in [-0.3, -0.25) is 9.69 Å². The zero-order valence-corrected chi connectivity index (χ0v) is 14.1. The Labute approximate surface area is 145 Å². The number of hydrogen-bond donors (Lipinski definition) is 1. The molecule has 0 saturated carbocycles. The molecule has 4 rings (SSSR count). The van der Waals surface area contributed by atoms with Crippen LogP contribution in [0.2, 0.25) is 0 Å². The lowest BCUT2D eigenvalue weighted by atomic mass is 10.2. The maximum absolute atomic E-state index is 12.3. The molecule has 7 heteroatoms. The molecule has 128 valence electrons. The molecule has 1 aromatic carbocycles. The fourth-order valence-corrected chi connectivity index (χ4v) is 3.24. The molecule has 1 saturated heterocycles. The van der Waals surface area contributed by atoms with Crippen molar-refractivity contribution in [3.8, 4) is 0 Å². The highest BCUT2D eigenvalue weighted by molar-refractivity contribution is 5.77. The van der Waals surface area contributed by atoms with Gasteiger partial charge in [-0.05, 0) is 25.1 Å². The van der Waals surface area contributed by atoms with Gasteiger partial charge >= 0.3 is 0 Å². The molecular formula is C18H20N6O. The highest BCUT2D eigenvalue weighted by atomic mass is 16.1. The number of hydrogen-bond acceptors (Lipinski definition) is 6. The lowest BCUT2D eigenvalue weighted by Gasteiger charge is -2.37. The first kappa shape index (κ1) is 15.7. The van der Waals surface area contributed by atoms with Crippen LogP contribution in [0.4, 0.5) is 5.95 Å². The maximum atomic E-state index is 12.3. The van der Waals surface area contributed by atoms with Crippen LogP contribution in [0.25, 0.3) is 10.9 Å². The minimum atomic E-state index is -0.0798. The van der Waals surface area contributed by atoms with Crippen LogP contribution in [-0.2, 0) is 0 Å². The van der Waals surface area contributed by atoms with Crippen molar-refractivity contribution >= 4 is 16.9 Å². The predicted octanol–water partition coefficient (Wildman–Crippen LogP) is 1.60. The zero-order valence-electron chi connectivity index (χ0n) is 14.1. The Bertz CT molecular complexity index is 918. The van der Waals surface area contributed by atoms with Crippen molar-refractivity contribution in [3.63, 3.8) is 0 Å². The van der Waals surface area contributed by atoms with Gasteiger partial charge in [-0.25, -0.2) is 15.0 Å². The number of aromatic amines is 1. The normalized spacial score (nSPS) is 16.9. The summed E-state index contributed by atoms with van der Waals surface area (Å²) in [5, 5.41) is 0.629. The molecule has 0 aliphatic carbocycles. The Kier molecular flexibility index (Phi) is 4.15. The minimum absolute atomic E-state index is 0.0520. The van der Waals surface area contributed by atoms with Crippen LogP contribution in [0.15, 0.2) is 47.5 Å². The second kappa shape index (κ2) is 6.60. The van der Waals surface area contributed by atoms with Gasteiger partial charge in [-0.2, -0.15) is 0 Å². The monoisotopic (exact) mass is 336 g/mol. The van der Waals surface area contributed by atoms with Crippen LogP contribution < -0.4 is 10.5 Å². The van der Waals surface area contributed by atoms with Crippen LogP contribution in [-0.4, -0.2) is 51.0 Å². The van der Waals surface area contributed by atoms with E-state index in [-0.39, 0.29) is 11.6 Å². The molecule has 0 radical (unpaired) electrons. The second-order valence-electron chi connectivity index (χ2n) is 6.22. The van der Waals surface area contributed by atoms with E-state index in [1.807, 2.05) is 24.3 Å². The van der Waals surface area contributed by atoms with E-state index in [2.05, 4.69) is 36.7 Å². The Morgan fingerprint density at radius 1 is 1.04 bits per heavy atom. The molecule has 3 heterocycles. The number of H-pyrrole nitrogens is 1. The summed E-state index contributed by atoms with van der Waals surface area (Å²) in [6, 6.07) is 9.31. The maximum Gasteiger partial charge on any atom is 0.258 e. The number of nitrogens with one attached hydrogen (secondary N) is 1. The van der Waals surface area contributed by atoms with Crippen LogP contribution >= 0.6 is 0 Å². The van der Waals surface area contributed by atoms with Gasteiger partial charge in [0, 0.05) is 38.6 Å². The van der Waals surface area contributed by atoms with Crippen molar-refractivity contribution in [1.29, 1.82) is 0 Å². The third kappa shape index (κ3) is 3.10. The summed E-state index contributed by atoms with van der Waals surface area (Å²) in [5.74, 6) is 1.49. The van der Waals surface area contributed by atoms with E-state index >= 15 is 0 Å². The van der Waals surface area contributed by atoms with Crippen molar-refractivity contribution in [2.24, 2.45) is 0 Å². The SMILES string of the molecule is C[C@@H](c1nc2ccccc2c(=O)[nH]1)N1CCN(c2ncccn2)CC1. The molecule has 3 aromatic rings. The van der Waals surface area contributed by atoms with Gasteiger partial charge in [0.15, 0.2) is 0 Å². The molecule has 0 unspecified atom stereocenters. The highest BCUT2D eigenvalue weighted by Crippen LogP contribution is 2.20. The predicted molar refractivity (Wildman–Crippen MR) is 96.6 cm³/mol. The van der Waals surface area contributed by atoms with E-state index < -0.39 is 0 Å². The molecule has 0 spiro atoms. The molecule has 0 amide bonds. The summed E-state index contributed by atoms with van der Waals surface area (Å²) in [6.07, 6.45) is 3.53. The molecule has 1 fully saturated rings. The summed E-state index contributed by atoms with van der Waals surface area (Å²) in [5.41, 5.74) is 0.660. The molecule has 0 bridgehead atoms. The van der Waals surface area contributed by atoms with Crippen molar-refractivity contribution in [3.05, 3.63) is 58.9 Å². The molecule has 25 heavy (non-hydrogen) atoms. The van der Waals surface area contributed by atoms with Crippen molar-refractivity contribution in [2.45, 2.75) is 13.0 Å². The Balaban J connectivity index is 1.51. The number of rotatable bonds is 3. The third-order valence-corrected chi connectivity index (χ3v) is 4.72. The molecule has 1 N–H and O–H groups in total. The number of benzene rings is 1. The number of anilines is 1. The first-order valence-electron chi connectivity index (χ1n) is 8.47. The van der Waals surface area contributed by atoms with E-state index in [0.29, 0.717) is 11.2 Å². The van der Waals surface area contributed by atoms with E-state index in [0.717, 1.165) is 37.6 Å². The van der Waals surface area contributed by atoms with Crippen LogP contribution in [0.1, 0.15) is 18.8 Å². The second-order valence-corrected chi connectivity index (χ2v) is 6.22. The number of aromatic nitrogens is 4. The van der Waals surface area contributed by atoms with Gasteiger partial charge in [0.2, 0.25) is 5.95 Å². The number of nitrogens with zero attached hydrogens (tertiary/aromatic N) is 5. The smallest absolute Gasteiger partial charge is 0.258 e. The quantitative estimate of drug-likeness (QED) is 0.783. The fourth-order valence-electron chi connectivity index (χ4n) is 3.24. The lowest BCUT2D eigenvalue weighted by Crippen LogP contribution is -2.48. The first-order chi connectivity index (χ1) is 12.2. The van der Waals surface area contributed by atoms with Crippen molar-refractivity contribution in [2.75, 3.05) is 31.1 Å².